The number of alkyl halides is 3. The fourth-order valence-corrected chi connectivity index (χ4v) is 3.06. The highest BCUT2D eigenvalue weighted by Crippen LogP contribution is 2.27. The van der Waals surface area contributed by atoms with E-state index in [-0.39, 0.29) is 11.8 Å². The average molecular weight is 418 g/mol. The molecule has 3 aromatic rings. The first-order valence-electron chi connectivity index (χ1n) is 9.18. The van der Waals surface area contributed by atoms with Crippen molar-refractivity contribution < 1.29 is 27.4 Å². The number of hydrogen-bond acceptors (Lipinski definition) is 6. The van der Waals surface area contributed by atoms with Crippen LogP contribution in [0.3, 0.4) is 0 Å². The summed E-state index contributed by atoms with van der Waals surface area (Å²) in [5, 5.41) is 3.95. The van der Waals surface area contributed by atoms with Gasteiger partial charge >= 0.3 is 6.36 Å². The number of nitrogens with one attached hydrogen (secondary N) is 1. The number of carbonyl (C=O) groups is 1. The molecule has 0 saturated carbocycles. The van der Waals surface area contributed by atoms with E-state index in [1.54, 1.807) is 35.2 Å². The zero-order valence-electron chi connectivity index (χ0n) is 15.6. The van der Waals surface area contributed by atoms with Gasteiger partial charge in [-0.3, -0.25) is 4.79 Å². The van der Waals surface area contributed by atoms with Crippen molar-refractivity contribution >= 4 is 16.8 Å². The van der Waals surface area contributed by atoms with E-state index in [2.05, 4.69) is 20.0 Å². The summed E-state index contributed by atoms with van der Waals surface area (Å²) in [4.78, 5) is 22.6. The van der Waals surface area contributed by atoms with Gasteiger partial charge in [0, 0.05) is 37.6 Å². The van der Waals surface area contributed by atoms with Crippen molar-refractivity contribution in [2.24, 2.45) is 0 Å². The average Bonchev–Trinajstić information content (AvgIpc) is 2.74. The Morgan fingerprint density at radius 2 is 1.80 bits per heavy atom. The highest BCUT2D eigenvalue weighted by atomic mass is 19.4. The van der Waals surface area contributed by atoms with Crippen molar-refractivity contribution in [3.8, 4) is 17.4 Å². The van der Waals surface area contributed by atoms with Crippen molar-refractivity contribution in [1.29, 1.82) is 0 Å². The van der Waals surface area contributed by atoms with Gasteiger partial charge in [-0.25, -0.2) is 9.97 Å². The van der Waals surface area contributed by atoms with Crippen LogP contribution >= 0.6 is 0 Å². The Bertz CT molecular complexity index is 1050. The SMILES string of the molecule is O=C(c1ccc2cc(Oc3ccc(OC(F)(F)F)cn3)ccc2n1)N1CCNCC1. The topological polar surface area (TPSA) is 76.6 Å². The van der Waals surface area contributed by atoms with Crippen LogP contribution in [0.2, 0.25) is 0 Å². The molecular formula is C20H17F3N4O3. The first-order valence-corrected chi connectivity index (χ1v) is 9.18. The number of pyridine rings is 2. The summed E-state index contributed by atoms with van der Waals surface area (Å²) >= 11 is 0. The molecule has 1 aromatic carbocycles. The summed E-state index contributed by atoms with van der Waals surface area (Å²) in [6, 6.07) is 10.9. The summed E-state index contributed by atoms with van der Waals surface area (Å²) in [6.45, 7) is 2.81. The number of halogens is 3. The van der Waals surface area contributed by atoms with Crippen LogP contribution in [-0.2, 0) is 0 Å². The first kappa shape index (κ1) is 19.9. The minimum absolute atomic E-state index is 0.107. The van der Waals surface area contributed by atoms with Crippen LogP contribution in [0.5, 0.6) is 17.4 Å². The molecule has 0 spiro atoms. The molecule has 2 aromatic heterocycles. The molecule has 156 valence electrons. The number of ether oxygens (including phenoxy) is 2. The van der Waals surface area contributed by atoms with Crippen LogP contribution in [0, 0.1) is 0 Å². The molecular weight excluding hydrogens is 401 g/mol. The predicted molar refractivity (Wildman–Crippen MR) is 102 cm³/mol. The van der Waals surface area contributed by atoms with Gasteiger partial charge in [0.25, 0.3) is 5.91 Å². The summed E-state index contributed by atoms with van der Waals surface area (Å²) < 4.78 is 46.0. The molecule has 10 heteroatoms. The third-order valence-electron chi connectivity index (χ3n) is 4.45. The van der Waals surface area contributed by atoms with Gasteiger partial charge in [0.15, 0.2) is 0 Å². The minimum atomic E-state index is -4.78. The van der Waals surface area contributed by atoms with E-state index in [1.807, 2.05) is 0 Å². The van der Waals surface area contributed by atoms with E-state index in [0.29, 0.717) is 30.0 Å². The summed E-state index contributed by atoms with van der Waals surface area (Å²) in [7, 11) is 0. The number of carbonyl (C=O) groups excluding carboxylic acids is 1. The molecule has 0 radical (unpaired) electrons. The monoisotopic (exact) mass is 418 g/mol. The molecule has 1 amide bonds. The molecule has 7 nitrogen and oxygen atoms in total. The van der Waals surface area contributed by atoms with E-state index < -0.39 is 12.1 Å². The Kier molecular flexibility index (Phi) is 5.40. The Labute approximate surface area is 169 Å². The molecule has 0 aliphatic carbocycles. The zero-order valence-corrected chi connectivity index (χ0v) is 15.6. The third-order valence-corrected chi connectivity index (χ3v) is 4.45. The number of rotatable bonds is 4. The second kappa shape index (κ2) is 8.15. The van der Waals surface area contributed by atoms with Gasteiger partial charge in [0.1, 0.15) is 17.2 Å². The van der Waals surface area contributed by atoms with Gasteiger partial charge in [-0.15, -0.1) is 13.2 Å². The number of piperazine rings is 1. The van der Waals surface area contributed by atoms with Gasteiger partial charge in [-0.2, -0.15) is 0 Å². The van der Waals surface area contributed by atoms with Crippen LogP contribution in [0.15, 0.2) is 48.7 Å². The predicted octanol–water partition coefficient (Wildman–Crippen LogP) is 3.37. The molecule has 1 N–H and O–H groups in total. The third kappa shape index (κ3) is 4.77. The number of benzene rings is 1. The second-order valence-corrected chi connectivity index (χ2v) is 6.58. The molecule has 4 rings (SSSR count). The van der Waals surface area contributed by atoms with E-state index in [4.69, 9.17) is 4.74 Å². The number of hydrogen-bond donors (Lipinski definition) is 1. The van der Waals surface area contributed by atoms with Crippen molar-refractivity contribution in [3.05, 3.63) is 54.4 Å². The first-order chi connectivity index (χ1) is 14.4. The number of fused-ring (bicyclic) bond motifs is 1. The van der Waals surface area contributed by atoms with Crippen LogP contribution < -0.4 is 14.8 Å². The lowest BCUT2D eigenvalue weighted by atomic mass is 10.2. The van der Waals surface area contributed by atoms with Gasteiger partial charge in [-0.1, -0.05) is 6.07 Å². The molecule has 1 aliphatic rings. The van der Waals surface area contributed by atoms with Gasteiger partial charge in [0.05, 0.1) is 11.7 Å². The number of nitrogens with zero attached hydrogens (tertiary/aromatic N) is 3. The zero-order chi connectivity index (χ0) is 21.1. The molecule has 0 unspecified atom stereocenters. The second-order valence-electron chi connectivity index (χ2n) is 6.58. The van der Waals surface area contributed by atoms with E-state index in [1.165, 1.54) is 6.07 Å². The Hall–Kier alpha value is -3.40. The molecule has 1 fully saturated rings. The van der Waals surface area contributed by atoms with E-state index in [9.17, 15) is 18.0 Å². The maximum absolute atomic E-state index is 12.6. The highest BCUT2D eigenvalue weighted by molar-refractivity contribution is 5.95. The Morgan fingerprint density at radius 3 is 2.50 bits per heavy atom. The summed E-state index contributed by atoms with van der Waals surface area (Å²) in [5.41, 5.74) is 1.00. The van der Waals surface area contributed by atoms with Crippen LogP contribution in [0.1, 0.15) is 10.5 Å². The standard InChI is InChI=1S/C20H17F3N4O3/c21-20(22,23)30-15-3-6-18(25-12-15)29-14-2-5-16-13(11-14)1-4-17(26-16)19(28)27-9-7-24-8-10-27/h1-6,11-12,24H,7-10H2. The lowest BCUT2D eigenvalue weighted by Crippen LogP contribution is -2.46. The Morgan fingerprint density at radius 1 is 1.03 bits per heavy atom. The molecule has 1 aliphatic heterocycles. The fourth-order valence-electron chi connectivity index (χ4n) is 3.06. The van der Waals surface area contributed by atoms with Crippen molar-refractivity contribution in [3.63, 3.8) is 0 Å². The van der Waals surface area contributed by atoms with Crippen LogP contribution in [0.4, 0.5) is 13.2 Å². The summed E-state index contributed by atoms with van der Waals surface area (Å²) in [6.07, 6.45) is -3.85. The minimum Gasteiger partial charge on any atom is -0.439 e. The quantitative estimate of drug-likeness (QED) is 0.700. The van der Waals surface area contributed by atoms with Crippen molar-refractivity contribution in [2.75, 3.05) is 26.2 Å². The lowest BCUT2D eigenvalue weighted by Gasteiger charge is -2.27. The molecule has 0 atom stereocenters. The fraction of sp³-hybridized carbons (Fsp3) is 0.250. The van der Waals surface area contributed by atoms with Gasteiger partial charge in [-0.05, 0) is 30.3 Å². The maximum atomic E-state index is 12.6. The molecule has 1 saturated heterocycles. The highest BCUT2D eigenvalue weighted by Gasteiger charge is 2.31. The smallest absolute Gasteiger partial charge is 0.439 e. The molecule has 0 bridgehead atoms. The van der Waals surface area contributed by atoms with Crippen LogP contribution in [-0.4, -0.2) is 53.3 Å². The Balaban J connectivity index is 1.47. The normalized spacial score (nSPS) is 14.6. The summed E-state index contributed by atoms with van der Waals surface area (Å²) in [5.74, 6) is 0.00754. The molecule has 3 heterocycles. The van der Waals surface area contributed by atoms with Crippen LogP contribution in [0.25, 0.3) is 10.9 Å². The largest absolute Gasteiger partial charge is 0.573 e. The van der Waals surface area contributed by atoms with Crippen molar-refractivity contribution in [2.45, 2.75) is 6.36 Å². The maximum Gasteiger partial charge on any atom is 0.573 e. The lowest BCUT2D eigenvalue weighted by molar-refractivity contribution is -0.274. The van der Waals surface area contributed by atoms with Gasteiger partial charge < -0.3 is 19.7 Å². The van der Waals surface area contributed by atoms with Gasteiger partial charge in [0.2, 0.25) is 5.88 Å². The molecule has 30 heavy (non-hydrogen) atoms. The van der Waals surface area contributed by atoms with E-state index in [0.717, 1.165) is 30.7 Å². The number of amides is 1. The van der Waals surface area contributed by atoms with Crippen molar-refractivity contribution in [1.82, 2.24) is 20.2 Å². The van der Waals surface area contributed by atoms with E-state index >= 15 is 0 Å². The number of aromatic nitrogens is 2.